The van der Waals surface area contributed by atoms with Crippen LogP contribution in [0, 0.1) is 11.6 Å². The van der Waals surface area contributed by atoms with E-state index in [-0.39, 0.29) is 23.1 Å². The van der Waals surface area contributed by atoms with Gasteiger partial charge in [-0.05, 0) is 33.6 Å². The van der Waals surface area contributed by atoms with Crippen LogP contribution in [0.3, 0.4) is 0 Å². The minimum Gasteiger partial charge on any atom is -0.449 e. The molecule has 0 aliphatic rings. The number of hydrogen-bond acceptors (Lipinski definition) is 2. The molecule has 1 aromatic carbocycles. The van der Waals surface area contributed by atoms with Crippen LogP contribution >= 0.6 is 15.9 Å². The fraction of sp³-hybridized carbons (Fsp3) is 0.222. The van der Waals surface area contributed by atoms with E-state index >= 15 is 0 Å². The Balaban J connectivity index is 2.69. The molecule has 1 amide bonds. The van der Waals surface area contributed by atoms with Gasteiger partial charge in [-0.3, -0.25) is 0 Å². The SMILES string of the molecule is NC(=O)OCCc1cc(F)c(Br)cc1F. The molecular weight excluding hydrogens is 272 g/mol. The molecule has 0 radical (unpaired) electrons. The van der Waals surface area contributed by atoms with Gasteiger partial charge >= 0.3 is 6.09 Å². The number of carbonyl (C=O) groups excluding carboxylic acids is 1. The lowest BCUT2D eigenvalue weighted by Crippen LogP contribution is -2.15. The summed E-state index contributed by atoms with van der Waals surface area (Å²) in [6, 6.07) is 2.07. The highest BCUT2D eigenvalue weighted by atomic mass is 79.9. The molecule has 0 heterocycles. The smallest absolute Gasteiger partial charge is 0.404 e. The third-order valence-corrected chi connectivity index (χ3v) is 2.31. The summed E-state index contributed by atoms with van der Waals surface area (Å²) in [5.74, 6) is -1.12. The first-order chi connectivity index (χ1) is 7.00. The van der Waals surface area contributed by atoms with Crippen LogP contribution in [0.4, 0.5) is 13.6 Å². The first kappa shape index (κ1) is 11.9. The van der Waals surface area contributed by atoms with Crippen LogP contribution in [-0.4, -0.2) is 12.7 Å². The molecule has 0 spiro atoms. The van der Waals surface area contributed by atoms with E-state index in [1.807, 2.05) is 0 Å². The van der Waals surface area contributed by atoms with E-state index in [4.69, 9.17) is 5.73 Å². The third-order valence-electron chi connectivity index (χ3n) is 1.71. The highest BCUT2D eigenvalue weighted by Gasteiger charge is 2.08. The van der Waals surface area contributed by atoms with E-state index in [1.54, 1.807) is 0 Å². The lowest BCUT2D eigenvalue weighted by Gasteiger charge is -2.04. The average molecular weight is 280 g/mol. The molecule has 0 bridgehead atoms. The maximum Gasteiger partial charge on any atom is 0.404 e. The Kier molecular flexibility index (Phi) is 4.02. The molecule has 1 aromatic rings. The molecular formula is C9H8BrF2NO2. The number of nitrogens with two attached hydrogens (primary N) is 1. The molecule has 15 heavy (non-hydrogen) atoms. The molecule has 1 rings (SSSR count). The monoisotopic (exact) mass is 279 g/mol. The summed E-state index contributed by atoms with van der Waals surface area (Å²) in [7, 11) is 0. The van der Waals surface area contributed by atoms with Gasteiger partial charge in [0.15, 0.2) is 0 Å². The van der Waals surface area contributed by atoms with E-state index in [1.165, 1.54) is 0 Å². The van der Waals surface area contributed by atoms with Crippen molar-refractivity contribution >= 4 is 22.0 Å². The van der Waals surface area contributed by atoms with Crippen LogP contribution in [0.15, 0.2) is 16.6 Å². The molecule has 3 nitrogen and oxygen atoms in total. The van der Waals surface area contributed by atoms with Crippen LogP contribution in [0.1, 0.15) is 5.56 Å². The van der Waals surface area contributed by atoms with Gasteiger partial charge in [-0.15, -0.1) is 0 Å². The number of benzene rings is 1. The molecule has 0 aliphatic carbocycles. The van der Waals surface area contributed by atoms with E-state index in [0.717, 1.165) is 12.1 Å². The predicted molar refractivity (Wildman–Crippen MR) is 53.3 cm³/mol. The minimum atomic E-state index is -0.937. The van der Waals surface area contributed by atoms with Crippen LogP contribution in [0.5, 0.6) is 0 Å². The Morgan fingerprint density at radius 3 is 2.67 bits per heavy atom. The van der Waals surface area contributed by atoms with Gasteiger partial charge in [0.1, 0.15) is 11.6 Å². The number of rotatable bonds is 3. The standard InChI is InChI=1S/C9H8BrF2NO2/c10-6-4-7(11)5(3-8(6)12)1-2-15-9(13)14/h3-4H,1-2H2,(H2,13,14). The zero-order valence-corrected chi connectivity index (χ0v) is 9.18. The molecule has 0 aromatic heterocycles. The molecule has 6 heteroatoms. The van der Waals surface area contributed by atoms with Gasteiger partial charge in [-0.2, -0.15) is 0 Å². The van der Waals surface area contributed by atoms with Crippen molar-refractivity contribution in [3.05, 3.63) is 33.8 Å². The number of halogens is 3. The van der Waals surface area contributed by atoms with Gasteiger partial charge < -0.3 is 10.5 Å². The third kappa shape index (κ3) is 3.47. The quantitative estimate of drug-likeness (QED) is 0.864. The summed E-state index contributed by atoms with van der Waals surface area (Å²) >= 11 is 2.85. The van der Waals surface area contributed by atoms with Crippen molar-refractivity contribution in [1.29, 1.82) is 0 Å². The Labute approximate surface area is 93.3 Å². The molecule has 0 atom stereocenters. The molecule has 0 aliphatic heterocycles. The summed E-state index contributed by atoms with van der Waals surface area (Å²) in [6.45, 7) is -0.0761. The van der Waals surface area contributed by atoms with Crippen molar-refractivity contribution in [2.45, 2.75) is 6.42 Å². The van der Waals surface area contributed by atoms with E-state index < -0.39 is 17.7 Å². The highest BCUT2D eigenvalue weighted by molar-refractivity contribution is 9.10. The largest absolute Gasteiger partial charge is 0.449 e. The van der Waals surface area contributed by atoms with Crippen molar-refractivity contribution in [1.82, 2.24) is 0 Å². The van der Waals surface area contributed by atoms with Crippen molar-refractivity contribution in [3.8, 4) is 0 Å². The fourth-order valence-electron chi connectivity index (χ4n) is 1.02. The van der Waals surface area contributed by atoms with Gasteiger partial charge in [0.05, 0.1) is 11.1 Å². The molecule has 0 saturated carbocycles. The van der Waals surface area contributed by atoms with E-state index in [2.05, 4.69) is 20.7 Å². The van der Waals surface area contributed by atoms with Gasteiger partial charge in [-0.25, -0.2) is 13.6 Å². The molecule has 0 saturated heterocycles. The van der Waals surface area contributed by atoms with Gasteiger partial charge in [-0.1, -0.05) is 0 Å². The normalized spacial score (nSPS) is 10.1. The van der Waals surface area contributed by atoms with Crippen molar-refractivity contribution in [2.24, 2.45) is 5.73 Å². The highest BCUT2D eigenvalue weighted by Crippen LogP contribution is 2.20. The first-order valence-corrected chi connectivity index (χ1v) is 4.85. The number of primary amides is 1. The Morgan fingerprint density at radius 2 is 2.07 bits per heavy atom. The van der Waals surface area contributed by atoms with Crippen LogP contribution < -0.4 is 5.73 Å². The van der Waals surface area contributed by atoms with E-state index in [0.29, 0.717) is 0 Å². The lowest BCUT2D eigenvalue weighted by atomic mass is 10.1. The molecule has 0 fully saturated rings. The fourth-order valence-corrected chi connectivity index (χ4v) is 1.33. The van der Waals surface area contributed by atoms with Gasteiger partial charge in [0.2, 0.25) is 0 Å². The van der Waals surface area contributed by atoms with Crippen LogP contribution in [-0.2, 0) is 11.2 Å². The average Bonchev–Trinajstić information content (AvgIpc) is 2.13. The number of ether oxygens (including phenoxy) is 1. The topological polar surface area (TPSA) is 52.3 Å². The van der Waals surface area contributed by atoms with Crippen molar-refractivity contribution in [3.63, 3.8) is 0 Å². The summed E-state index contributed by atoms with van der Waals surface area (Å²) in [5.41, 5.74) is 4.85. The van der Waals surface area contributed by atoms with Crippen LogP contribution in [0.25, 0.3) is 0 Å². The maximum absolute atomic E-state index is 13.2. The molecule has 82 valence electrons. The summed E-state index contributed by atoms with van der Waals surface area (Å²) in [6.07, 6.45) is -0.855. The second-order valence-corrected chi connectivity index (χ2v) is 3.63. The lowest BCUT2D eigenvalue weighted by molar-refractivity contribution is 0.158. The summed E-state index contributed by atoms with van der Waals surface area (Å²) < 4.78 is 30.6. The number of hydrogen-bond donors (Lipinski definition) is 1. The van der Waals surface area contributed by atoms with Crippen LogP contribution in [0.2, 0.25) is 0 Å². The second-order valence-electron chi connectivity index (χ2n) is 2.78. The first-order valence-electron chi connectivity index (χ1n) is 4.06. The number of carbonyl (C=O) groups is 1. The second kappa shape index (κ2) is 5.06. The summed E-state index contributed by atoms with van der Waals surface area (Å²) in [4.78, 5) is 10.2. The zero-order valence-electron chi connectivity index (χ0n) is 7.60. The van der Waals surface area contributed by atoms with Crippen molar-refractivity contribution in [2.75, 3.05) is 6.61 Å². The molecule has 0 unspecified atom stereocenters. The predicted octanol–water partition coefficient (Wildman–Crippen LogP) is 2.37. The Hall–Kier alpha value is -1.17. The van der Waals surface area contributed by atoms with Gasteiger partial charge in [0.25, 0.3) is 0 Å². The zero-order chi connectivity index (χ0) is 11.4. The number of amides is 1. The molecule has 2 N–H and O–H groups in total. The van der Waals surface area contributed by atoms with Crippen molar-refractivity contribution < 1.29 is 18.3 Å². The van der Waals surface area contributed by atoms with Gasteiger partial charge in [0, 0.05) is 6.42 Å². The maximum atomic E-state index is 13.2. The Morgan fingerprint density at radius 1 is 1.40 bits per heavy atom. The Bertz CT molecular complexity index is 385. The summed E-state index contributed by atoms with van der Waals surface area (Å²) in [5, 5.41) is 0. The minimum absolute atomic E-state index is 0.0552. The van der Waals surface area contributed by atoms with E-state index in [9.17, 15) is 13.6 Å².